The normalized spacial score (nSPS) is 9.91. The van der Waals surface area contributed by atoms with Crippen molar-refractivity contribution in [2.45, 2.75) is 13.5 Å². The first-order valence-corrected chi connectivity index (χ1v) is 3.74. The summed E-state index contributed by atoms with van der Waals surface area (Å²) < 4.78 is 0. The van der Waals surface area contributed by atoms with Crippen molar-refractivity contribution in [2.75, 3.05) is 12.3 Å². The Morgan fingerprint density at radius 2 is 2.45 bits per heavy atom. The average molecular weight is 151 g/mol. The van der Waals surface area contributed by atoms with Crippen LogP contribution in [-0.2, 0) is 6.54 Å². The molecule has 1 aromatic heterocycles. The predicted molar refractivity (Wildman–Crippen MR) is 46.0 cm³/mol. The van der Waals surface area contributed by atoms with E-state index in [-0.39, 0.29) is 0 Å². The molecule has 1 rings (SSSR count). The first-order chi connectivity index (χ1) is 5.34. The zero-order valence-corrected chi connectivity index (χ0v) is 6.67. The number of pyridine rings is 1. The Bertz CT molecular complexity index is 222. The highest BCUT2D eigenvalue weighted by Gasteiger charge is 1.95. The van der Waals surface area contributed by atoms with Gasteiger partial charge in [-0.2, -0.15) is 0 Å². The average Bonchev–Trinajstić information content (AvgIpc) is 2.03. The maximum Gasteiger partial charge on any atom is 0.127 e. The lowest BCUT2D eigenvalue weighted by molar-refractivity contribution is 0.726. The minimum absolute atomic E-state index is 0.619. The summed E-state index contributed by atoms with van der Waals surface area (Å²) >= 11 is 0. The number of rotatable bonds is 3. The highest BCUT2D eigenvalue weighted by molar-refractivity contribution is 5.38. The third-order valence-electron chi connectivity index (χ3n) is 1.49. The molecule has 11 heavy (non-hydrogen) atoms. The van der Waals surface area contributed by atoms with Crippen LogP contribution in [0.3, 0.4) is 0 Å². The van der Waals surface area contributed by atoms with Gasteiger partial charge in [0.1, 0.15) is 5.82 Å². The third kappa shape index (κ3) is 2.20. The van der Waals surface area contributed by atoms with Crippen LogP contribution in [0.4, 0.5) is 5.82 Å². The zero-order valence-electron chi connectivity index (χ0n) is 6.67. The molecule has 3 N–H and O–H groups in total. The lowest BCUT2D eigenvalue weighted by atomic mass is 10.2. The van der Waals surface area contributed by atoms with Crippen molar-refractivity contribution >= 4 is 5.82 Å². The van der Waals surface area contributed by atoms with Crippen molar-refractivity contribution in [2.24, 2.45) is 0 Å². The monoisotopic (exact) mass is 151 g/mol. The molecule has 0 aliphatic carbocycles. The first-order valence-electron chi connectivity index (χ1n) is 3.74. The fourth-order valence-electron chi connectivity index (χ4n) is 0.860. The lowest BCUT2D eigenvalue weighted by Gasteiger charge is -2.03. The number of aromatic nitrogens is 1. The minimum atomic E-state index is 0.619. The Morgan fingerprint density at radius 1 is 1.64 bits per heavy atom. The van der Waals surface area contributed by atoms with Crippen molar-refractivity contribution in [1.29, 1.82) is 0 Å². The van der Waals surface area contributed by atoms with Crippen molar-refractivity contribution < 1.29 is 0 Å². The van der Waals surface area contributed by atoms with Crippen LogP contribution in [0, 0.1) is 0 Å². The van der Waals surface area contributed by atoms with Gasteiger partial charge in [0.25, 0.3) is 0 Å². The summed E-state index contributed by atoms with van der Waals surface area (Å²) in [4.78, 5) is 3.97. The van der Waals surface area contributed by atoms with E-state index in [1.54, 1.807) is 6.20 Å². The van der Waals surface area contributed by atoms with E-state index in [0.717, 1.165) is 18.7 Å². The van der Waals surface area contributed by atoms with Crippen LogP contribution in [0.5, 0.6) is 0 Å². The van der Waals surface area contributed by atoms with Gasteiger partial charge >= 0.3 is 0 Å². The van der Waals surface area contributed by atoms with Gasteiger partial charge in [-0.15, -0.1) is 0 Å². The van der Waals surface area contributed by atoms with E-state index in [1.165, 1.54) is 0 Å². The predicted octanol–water partition coefficient (Wildman–Crippen LogP) is 0.773. The molecule has 0 atom stereocenters. The molecule has 60 valence electrons. The van der Waals surface area contributed by atoms with Gasteiger partial charge in [-0.3, -0.25) is 0 Å². The molecule has 3 nitrogen and oxygen atoms in total. The summed E-state index contributed by atoms with van der Waals surface area (Å²) in [5.41, 5.74) is 6.67. The van der Waals surface area contributed by atoms with Crippen LogP contribution in [0.15, 0.2) is 18.3 Å². The Balaban J connectivity index is 2.62. The second-order valence-corrected chi connectivity index (χ2v) is 2.33. The third-order valence-corrected chi connectivity index (χ3v) is 1.49. The van der Waals surface area contributed by atoms with Crippen LogP contribution >= 0.6 is 0 Å². The standard InChI is InChI=1S/C8H13N3/c1-2-10-6-7-4-3-5-11-8(7)9/h3-5,10H,2,6H2,1H3,(H2,9,11). The molecule has 0 aliphatic rings. The van der Waals surface area contributed by atoms with Crippen molar-refractivity contribution in [3.8, 4) is 0 Å². The van der Waals surface area contributed by atoms with Crippen LogP contribution in [0.25, 0.3) is 0 Å². The molecule has 0 aliphatic heterocycles. The SMILES string of the molecule is CCNCc1cccnc1N. The second-order valence-electron chi connectivity index (χ2n) is 2.33. The minimum Gasteiger partial charge on any atom is -0.383 e. The van der Waals surface area contributed by atoms with Crippen molar-refractivity contribution in [3.63, 3.8) is 0 Å². The van der Waals surface area contributed by atoms with E-state index in [9.17, 15) is 0 Å². The molecule has 0 radical (unpaired) electrons. The number of hydrogen-bond acceptors (Lipinski definition) is 3. The van der Waals surface area contributed by atoms with Crippen LogP contribution in [0.2, 0.25) is 0 Å². The summed E-state index contributed by atoms with van der Waals surface area (Å²) in [6, 6.07) is 3.87. The number of nitrogen functional groups attached to an aromatic ring is 1. The molecule has 0 unspecified atom stereocenters. The number of hydrogen-bond donors (Lipinski definition) is 2. The largest absolute Gasteiger partial charge is 0.383 e. The molecule has 0 bridgehead atoms. The number of nitrogens with two attached hydrogens (primary N) is 1. The fourth-order valence-corrected chi connectivity index (χ4v) is 0.860. The zero-order chi connectivity index (χ0) is 8.10. The molecule has 0 fully saturated rings. The van der Waals surface area contributed by atoms with E-state index >= 15 is 0 Å². The maximum atomic E-state index is 5.61. The first kappa shape index (κ1) is 8.01. The lowest BCUT2D eigenvalue weighted by Crippen LogP contribution is -2.13. The Hall–Kier alpha value is -1.09. The molecule has 1 heterocycles. The van der Waals surface area contributed by atoms with E-state index < -0.39 is 0 Å². The maximum absolute atomic E-state index is 5.61. The van der Waals surface area contributed by atoms with Crippen molar-refractivity contribution in [1.82, 2.24) is 10.3 Å². The molecule has 0 saturated carbocycles. The highest BCUT2D eigenvalue weighted by atomic mass is 14.9. The molecule has 0 saturated heterocycles. The summed E-state index contributed by atoms with van der Waals surface area (Å²) in [5, 5.41) is 3.19. The highest BCUT2D eigenvalue weighted by Crippen LogP contribution is 2.05. The summed E-state index contributed by atoms with van der Waals surface area (Å²) in [7, 11) is 0. The molecular weight excluding hydrogens is 138 g/mol. The van der Waals surface area contributed by atoms with Gasteiger partial charge in [-0.05, 0) is 12.6 Å². The Labute approximate surface area is 66.6 Å². The van der Waals surface area contributed by atoms with E-state index in [1.807, 2.05) is 12.1 Å². The number of anilines is 1. The smallest absolute Gasteiger partial charge is 0.127 e. The van der Waals surface area contributed by atoms with Gasteiger partial charge in [-0.1, -0.05) is 13.0 Å². The van der Waals surface area contributed by atoms with Gasteiger partial charge in [0.15, 0.2) is 0 Å². The molecule has 0 aromatic carbocycles. The summed E-state index contributed by atoms with van der Waals surface area (Å²) in [5.74, 6) is 0.619. The van der Waals surface area contributed by atoms with E-state index in [2.05, 4.69) is 17.2 Å². The molecular formula is C8H13N3. The van der Waals surface area contributed by atoms with E-state index in [4.69, 9.17) is 5.73 Å². The summed E-state index contributed by atoms with van der Waals surface area (Å²) in [6.07, 6.45) is 1.70. The molecule has 0 spiro atoms. The Kier molecular flexibility index (Phi) is 2.86. The van der Waals surface area contributed by atoms with Gasteiger partial charge < -0.3 is 11.1 Å². The van der Waals surface area contributed by atoms with Crippen LogP contribution in [0.1, 0.15) is 12.5 Å². The Morgan fingerprint density at radius 3 is 3.09 bits per heavy atom. The number of nitrogens with one attached hydrogen (secondary N) is 1. The quantitative estimate of drug-likeness (QED) is 0.671. The summed E-state index contributed by atoms with van der Waals surface area (Å²) in [6.45, 7) is 3.82. The van der Waals surface area contributed by atoms with Gasteiger partial charge in [0.2, 0.25) is 0 Å². The van der Waals surface area contributed by atoms with Crippen molar-refractivity contribution in [3.05, 3.63) is 23.9 Å². The van der Waals surface area contributed by atoms with Gasteiger partial charge in [0, 0.05) is 18.3 Å². The van der Waals surface area contributed by atoms with Gasteiger partial charge in [-0.25, -0.2) is 4.98 Å². The number of nitrogens with zero attached hydrogens (tertiary/aromatic N) is 1. The molecule has 1 aromatic rings. The molecule has 3 heteroatoms. The van der Waals surface area contributed by atoms with Gasteiger partial charge in [0.05, 0.1) is 0 Å². The topological polar surface area (TPSA) is 50.9 Å². The van der Waals surface area contributed by atoms with E-state index in [0.29, 0.717) is 5.82 Å². The second kappa shape index (κ2) is 3.93. The fraction of sp³-hybridized carbons (Fsp3) is 0.375. The molecule has 0 amide bonds. The van der Waals surface area contributed by atoms with Crippen LogP contribution < -0.4 is 11.1 Å². The van der Waals surface area contributed by atoms with Crippen LogP contribution in [-0.4, -0.2) is 11.5 Å².